The van der Waals surface area contributed by atoms with Crippen molar-refractivity contribution in [1.29, 1.82) is 0 Å². The van der Waals surface area contributed by atoms with Crippen LogP contribution in [0.15, 0.2) is 12.5 Å². The van der Waals surface area contributed by atoms with Crippen LogP contribution in [0.4, 0.5) is 0 Å². The summed E-state index contributed by atoms with van der Waals surface area (Å²) in [5.74, 6) is -4.87. The van der Waals surface area contributed by atoms with Gasteiger partial charge in [0.05, 0.1) is 30.8 Å². The van der Waals surface area contributed by atoms with Crippen LogP contribution >= 0.6 is 12.6 Å². The predicted molar refractivity (Wildman–Crippen MR) is 141 cm³/mol. The number of thiol groups is 1. The minimum Gasteiger partial charge on any atom is -0.480 e. The Morgan fingerprint density at radius 2 is 1.62 bits per heavy atom. The Hall–Kier alpha value is -3.25. The van der Waals surface area contributed by atoms with Gasteiger partial charge in [-0.1, -0.05) is 0 Å². The van der Waals surface area contributed by atoms with Crippen LogP contribution in [0.5, 0.6) is 0 Å². The zero-order valence-corrected chi connectivity index (χ0v) is 22.4. The Bertz CT molecular complexity index is 949. The highest BCUT2D eigenvalue weighted by molar-refractivity contribution is 7.80. The van der Waals surface area contributed by atoms with Gasteiger partial charge in [-0.05, 0) is 32.7 Å². The maximum atomic E-state index is 13.0. The van der Waals surface area contributed by atoms with Crippen LogP contribution < -0.4 is 32.7 Å². The third kappa shape index (κ3) is 11.6. The fourth-order valence-electron chi connectivity index (χ4n) is 3.32. The van der Waals surface area contributed by atoms with E-state index in [2.05, 4.69) is 43.9 Å². The number of carbonyl (C=O) groups is 5. The molecule has 12 N–H and O–H groups in total. The Labute approximate surface area is 230 Å². The van der Waals surface area contributed by atoms with Crippen LogP contribution in [-0.2, 0) is 30.4 Å². The Morgan fingerprint density at radius 1 is 1.00 bits per heavy atom. The predicted octanol–water partition coefficient (Wildman–Crippen LogP) is -4.26. The molecule has 1 rings (SSSR count). The first kappa shape index (κ1) is 33.8. The number of imidazole rings is 1. The summed E-state index contributed by atoms with van der Waals surface area (Å²) in [6.07, 6.45) is 2.34. The zero-order chi connectivity index (χ0) is 29.5. The molecule has 0 fully saturated rings. The first-order chi connectivity index (χ1) is 18.4. The smallest absolute Gasteiger partial charge is 0.326 e. The van der Waals surface area contributed by atoms with Gasteiger partial charge in [0.2, 0.25) is 23.6 Å². The van der Waals surface area contributed by atoms with E-state index >= 15 is 0 Å². The SMILES string of the molecule is C[C@@H](O)[C@H](NC(=O)[C@@H](N)CS)C(=O)N[C@@H](CO)C(=O)N[C@@H](CCCCN)C(=O)N[C@@H](Cc1c[nH]cn1)C(=O)O. The maximum Gasteiger partial charge on any atom is 0.326 e. The molecule has 0 aliphatic heterocycles. The number of nitrogens with one attached hydrogen (secondary N) is 5. The average Bonchev–Trinajstić information content (AvgIpc) is 3.41. The van der Waals surface area contributed by atoms with Gasteiger partial charge in [0.25, 0.3) is 0 Å². The number of H-pyrrole nitrogens is 1. The largest absolute Gasteiger partial charge is 0.480 e. The quantitative estimate of drug-likeness (QED) is 0.0590. The van der Waals surface area contributed by atoms with Crippen molar-refractivity contribution < 1.29 is 39.3 Å². The summed E-state index contributed by atoms with van der Waals surface area (Å²) in [5, 5.41) is 38.5. The topological polar surface area (TPSA) is 275 Å². The van der Waals surface area contributed by atoms with Crippen molar-refractivity contribution in [1.82, 2.24) is 31.2 Å². The number of aromatic amines is 1. The number of unbranched alkanes of at least 4 members (excludes halogenated alkanes) is 1. The Morgan fingerprint density at radius 3 is 2.13 bits per heavy atom. The molecule has 1 heterocycles. The normalized spacial score (nSPS) is 15.6. The van der Waals surface area contributed by atoms with Gasteiger partial charge in [-0.3, -0.25) is 19.2 Å². The van der Waals surface area contributed by atoms with Gasteiger partial charge < -0.3 is 53.0 Å². The Kier molecular flexibility index (Phi) is 15.0. The van der Waals surface area contributed by atoms with Gasteiger partial charge in [-0.2, -0.15) is 12.6 Å². The van der Waals surface area contributed by atoms with Crippen LogP contribution in [0, 0.1) is 0 Å². The first-order valence-corrected chi connectivity index (χ1v) is 12.9. The minimum atomic E-state index is -1.57. The second kappa shape index (κ2) is 17.4. The molecule has 17 heteroatoms. The average molecular weight is 575 g/mol. The summed E-state index contributed by atoms with van der Waals surface area (Å²) >= 11 is 3.90. The highest BCUT2D eigenvalue weighted by Gasteiger charge is 2.33. The van der Waals surface area contributed by atoms with E-state index in [4.69, 9.17) is 11.5 Å². The van der Waals surface area contributed by atoms with E-state index in [1.807, 2.05) is 0 Å². The van der Waals surface area contributed by atoms with Crippen molar-refractivity contribution in [3.05, 3.63) is 18.2 Å². The van der Waals surface area contributed by atoms with Crippen molar-refractivity contribution in [3.63, 3.8) is 0 Å². The van der Waals surface area contributed by atoms with Gasteiger partial charge in [-0.15, -0.1) is 0 Å². The molecule has 0 aromatic carbocycles. The lowest BCUT2D eigenvalue weighted by molar-refractivity contribution is -0.142. The molecule has 1 aromatic rings. The molecule has 0 saturated carbocycles. The molecule has 0 unspecified atom stereocenters. The molecule has 1 aromatic heterocycles. The summed E-state index contributed by atoms with van der Waals surface area (Å²) in [7, 11) is 0. The number of hydrogen-bond acceptors (Lipinski definition) is 11. The number of amides is 4. The monoisotopic (exact) mass is 574 g/mol. The van der Waals surface area contributed by atoms with Gasteiger partial charge in [-0.25, -0.2) is 9.78 Å². The summed E-state index contributed by atoms with van der Waals surface area (Å²) in [5.41, 5.74) is 11.5. The zero-order valence-electron chi connectivity index (χ0n) is 21.5. The van der Waals surface area contributed by atoms with Gasteiger partial charge >= 0.3 is 5.97 Å². The molecule has 220 valence electrons. The summed E-state index contributed by atoms with van der Waals surface area (Å²) in [6, 6.07) is -6.71. The number of nitrogens with zero attached hydrogens (tertiary/aromatic N) is 1. The number of nitrogens with two attached hydrogens (primary N) is 2. The third-order valence-corrected chi connectivity index (χ3v) is 5.97. The number of carboxylic acid groups (broad SMARTS) is 1. The molecule has 4 amide bonds. The number of carbonyl (C=O) groups excluding carboxylic acids is 4. The third-order valence-electron chi connectivity index (χ3n) is 5.57. The molecule has 39 heavy (non-hydrogen) atoms. The van der Waals surface area contributed by atoms with E-state index in [-0.39, 0.29) is 18.6 Å². The summed E-state index contributed by atoms with van der Waals surface area (Å²) in [6.45, 7) is 0.657. The van der Waals surface area contributed by atoms with E-state index in [9.17, 15) is 39.3 Å². The van der Waals surface area contributed by atoms with Crippen molar-refractivity contribution in [3.8, 4) is 0 Å². The van der Waals surface area contributed by atoms with Crippen LogP contribution in [0.1, 0.15) is 31.9 Å². The Balaban J connectivity index is 2.96. The van der Waals surface area contributed by atoms with Crippen LogP contribution in [0.2, 0.25) is 0 Å². The highest BCUT2D eigenvalue weighted by atomic mass is 32.1. The van der Waals surface area contributed by atoms with E-state index in [0.29, 0.717) is 25.1 Å². The minimum absolute atomic E-state index is 0.0281. The summed E-state index contributed by atoms with van der Waals surface area (Å²) < 4.78 is 0. The van der Waals surface area contributed by atoms with Crippen molar-refractivity contribution in [2.75, 3.05) is 18.9 Å². The molecule has 0 radical (unpaired) electrons. The molecule has 6 atom stereocenters. The number of aliphatic hydroxyl groups is 2. The van der Waals surface area contributed by atoms with Gasteiger partial charge in [0.15, 0.2) is 0 Å². The number of hydrogen-bond donors (Lipinski definition) is 11. The number of rotatable bonds is 18. The lowest BCUT2D eigenvalue weighted by atomic mass is 10.1. The van der Waals surface area contributed by atoms with Gasteiger partial charge in [0.1, 0.15) is 24.2 Å². The maximum absolute atomic E-state index is 13.0. The first-order valence-electron chi connectivity index (χ1n) is 12.2. The van der Waals surface area contributed by atoms with E-state index in [1.165, 1.54) is 19.4 Å². The molecule has 0 saturated heterocycles. The number of aliphatic carboxylic acids is 1. The van der Waals surface area contributed by atoms with Crippen molar-refractivity contribution in [2.24, 2.45) is 11.5 Å². The standard InChI is InChI=1S/C22H38N8O8S/c1-11(32)17(30-18(33)13(24)9-39)21(36)29-16(8-31)20(35)27-14(4-2-3-5-23)19(34)28-15(22(37)38)6-12-7-25-10-26-12/h7,10-11,13-17,31-32,39H,2-6,8-9,23-24H2,1H3,(H,25,26)(H,27,35)(H,28,34)(H,29,36)(H,30,33)(H,37,38)/t11-,13+,14+,15+,16+,17+/m1/s1. The van der Waals surface area contributed by atoms with Crippen LogP contribution in [-0.4, -0.2) is 110 Å². The van der Waals surface area contributed by atoms with Crippen LogP contribution in [0.25, 0.3) is 0 Å². The molecular formula is C22H38N8O8S. The van der Waals surface area contributed by atoms with Gasteiger partial charge in [0, 0.05) is 18.4 Å². The van der Waals surface area contributed by atoms with E-state index in [0.717, 1.165) is 0 Å². The molecule has 0 spiro atoms. The van der Waals surface area contributed by atoms with Crippen LogP contribution in [0.3, 0.4) is 0 Å². The molecule has 0 aliphatic rings. The summed E-state index contributed by atoms with van der Waals surface area (Å²) in [4.78, 5) is 69.0. The second-order valence-corrected chi connectivity index (χ2v) is 9.13. The lowest BCUT2D eigenvalue weighted by Crippen LogP contribution is -2.61. The fourth-order valence-corrected chi connectivity index (χ4v) is 3.49. The lowest BCUT2D eigenvalue weighted by Gasteiger charge is -2.26. The molecular weight excluding hydrogens is 536 g/mol. The molecule has 0 bridgehead atoms. The number of aromatic nitrogens is 2. The molecule has 16 nitrogen and oxygen atoms in total. The number of aliphatic hydroxyl groups excluding tert-OH is 2. The van der Waals surface area contributed by atoms with E-state index < -0.39 is 72.5 Å². The highest BCUT2D eigenvalue weighted by Crippen LogP contribution is 2.05. The molecule has 0 aliphatic carbocycles. The van der Waals surface area contributed by atoms with E-state index in [1.54, 1.807) is 0 Å². The second-order valence-electron chi connectivity index (χ2n) is 8.77. The fraction of sp³-hybridized carbons (Fsp3) is 0.636. The number of carboxylic acids is 1. The van der Waals surface area contributed by atoms with Crippen molar-refractivity contribution >= 4 is 42.2 Å². The van der Waals surface area contributed by atoms with Crippen molar-refractivity contribution in [2.45, 2.75) is 68.9 Å².